The lowest BCUT2D eigenvalue weighted by atomic mass is 10.3. The molecule has 0 spiro atoms. The summed E-state index contributed by atoms with van der Waals surface area (Å²) in [5, 5.41) is 6.19. The van der Waals surface area contributed by atoms with Crippen LogP contribution in [0.15, 0.2) is 12.7 Å². The summed E-state index contributed by atoms with van der Waals surface area (Å²) in [4.78, 5) is 11.2. The zero-order valence-corrected chi connectivity index (χ0v) is 8.72. The molecule has 0 saturated heterocycles. The molecule has 0 heterocycles. The van der Waals surface area contributed by atoms with Crippen molar-refractivity contribution in [1.82, 2.24) is 10.6 Å². The number of carbonyl (C=O) groups is 1. The Bertz CT molecular complexity index is 188. The van der Waals surface area contributed by atoms with Crippen molar-refractivity contribution in [2.75, 3.05) is 19.6 Å². The van der Waals surface area contributed by atoms with E-state index in [-0.39, 0.29) is 5.91 Å². The van der Waals surface area contributed by atoms with E-state index in [2.05, 4.69) is 17.2 Å². The van der Waals surface area contributed by atoms with Gasteiger partial charge in [0.2, 0.25) is 5.91 Å². The molecular formula is C11H20N2O. The van der Waals surface area contributed by atoms with E-state index in [1.807, 2.05) is 6.08 Å². The molecule has 80 valence electrons. The number of unbranched alkanes of at least 4 members (excludes halogenated alkanes) is 1. The SMILES string of the molecule is C=CCCCNCCNC(=O)C1CC1. The lowest BCUT2D eigenvalue weighted by Gasteiger charge is -2.05. The first-order chi connectivity index (χ1) is 6.84. The van der Waals surface area contributed by atoms with Gasteiger partial charge in [-0.25, -0.2) is 0 Å². The second kappa shape index (κ2) is 6.60. The first kappa shape index (κ1) is 11.2. The molecule has 3 nitrogen and oxygen atoms in total. The van der Waals surface area contributed by atoms with Gasteiger partial charge in [0.1, 0.15) is 0 Å². The molecule has 0 aliphatic heterocycles. The number of amides is 1. The van der Waals surface area contributed by atoms with E-state index in [4.69, 9.17) is 0 Å². The van der Waals surface area contributed by atoms with E-state index in [1.165, 1.54) is 0 Å². The fourth-order valence-electron chi connectivity index (χ4n) is 1.26. The third-order valence-electron chi connectivity index (χ3n) is 2.31. The van der Waals surface area contributed by atoms with Crippen molar-refractivity contribution in [2.24, 2.45) is 5.92 Å². The van der Waals surface area contributed by atoms with E-state index < -0.39 is 0 Å². The van der Waals surface area contributed by atoms with E-state index in [1.54, 1.807) is 0 Å². The Morgan fingerprint density at radius 2 is 2.14 bits per heavy atom. The van der Waals surface area contributed by atoms with Crippen LogP contribution in [0.3, 0.4) is 0 Å². The Balaban J connectivity index is 1.79. The molecule has 0 radical (unpaired) electrons. The summed E-state index contributed by atoms with van der Waals surface area (Å²) in [6.07, 6.45) is 6.27. The molecule has 0 aromatic carbocycles. The Morgan fingerprint density at radius 1 is 1.36 bits per heavy atom. The molecule has 14 heavy (non-hydrogen) atoms. The third kappa shape index (κ3) is 5.02. The molecule has 0 aromatic rings. The van der Waals surface area contributed by atoms with Crippen molar-refractivity contribution >= 4 is 5.91 Å². The van der Waals surface area contributed by atoms with Crippen LogP contribution >= 0.6 is 0 Å². The first-order valence-corrected chi connectivity index (χ1v) is 5.44. The van der Waals surface area contributed by atoms with Crippen molar-refractivity contribution in [1.29, 1.82) is 0 Å². The highest BCUT2D eigenvalue weighted by molar-refractivity contribution is 5.80. The predicted octanol–water partition coefficient (Wildman–Crippen LogP) is 1.07. The summed E-state index contributed by atoms with van der Waals surface area (Å²) in [7, 11) is 0. The summed E-state index contributed by atoms with van der Waals surface area (Å²) in [6, 6.07) is 0. The molecule has 2 N–H and O–H groups in total. The molecule has 1 saturated carbocycles. The van der Waals surface area contributed by atoms with Gasteiger partial charge < -0.3 is 10.6 Å². The Kier molecular flexibility index (Phi) is 5.30. The normalized spacial score (nSPS) is 15.1. The Hall–Kier alpha value is -0.830. The summed E-state index contributed by atoms with van der Waals surface area (Å²) in [6.45, 7) is 6.29. The molecule has 1 rings (SSSR count). The van der Waals surface area contributed by atoms with E-state index >= 15 is 0 Å². The van der Waals surface area contributed by atoms with Crippen LogP contribution in [0.1, 0.15) is 25.7 Å². The van der Waals surface area contributed by atoms with Crippen LogP contribution in [0.25, 0.3) is 0 Å². The number of hydrogen-bond acceptors (Lipinski definition) is 2. The highest BCUT2D eigenvalue weighted by Crippen LogP contribution is 2.28. The fraction of sp³-hybridized carbons (Fsp3) is 0.727. The number of nitrogens with one attached hydrogen (secondary N) is 2. The van der Waals surface area contributed by atoms with Crippen molar-refractivity contribution < 1.29 is 4.79 Å². The second-order valence-corrected chi connectivity index (χ2v) is 3.75. The Labute approximate surface area is 86.0 Å². The first-order valence-electron chi connectivity index (χ1n) is 5.44. The van der Waals surface area contributed by atoms with Crippen LogP contribution in [0, 0.1) is 5.92 Å². The number of hydrogen-bond donors (Lipinski definition) is 2. The van der Waals surface area contributed by atoms with Gasteiger partial charge in [0.15, 0.2) is 0 Å². The lowest BCUT2D eigenvalue weighted by molar-refractivity contribution is -0.122. The monoisotopic (exact) mass is 196 g/mol. The lowest BCUT2D eigenvalue weighted by Crippen LogP contribution is -2.32. The maximum atomic E-state index is 11.2. The van der Waals surface area contributed by atoms with Crippen LogP contribution in [0.2, 0.25) is 0 Å². The van der Waals surface area contributed by atoms with Crippen molar-refractivity contribution in [3.63, 3.8) is 0 Å². The number of rotatable bonds is 8. The van der Waals surface area contributed by atoms with Gasteiger partial charge in [0.05, 0.1) is 0 Å². The number of allylic oxidation sites excluding steroid dienone is 1. The highest BCUT2D eigenvalue weighted by atomic mass is 16.2. The average molecular weight is 196 g/mol. The largest absolute Gasteiger partial charge is 0.355 e. The quantitative estimate of drug-likeness (QED) is 0.450. The minimum Gasteiger partial charge on any atom is -0.355 e. The standard InChI is InChI=1S/C11H20N2O/c1-2-3-4-7-12-8-9-13-11(14)10-5-6-10/h2,10,12H,1,3-9H2,(H,13,14). The third-order valence-corrected chi connectivity index (χ3v) is 2.31. The molecular weight excluding hydrogens is 176 g/mol. The molecule has 0 unspecified atom stereocenters. The minimum atomic E-state index is 0.234. The van der Waals surface area contributed by atoms with Gasteiger partial charge in [-0.05, 0) is 32.2 Å². The van der Waals surface area contributed by atoms with Crippen LogP contribution in [-0.4, -0.2) is 25.5 Å². The van der Waals surface area contributed by atoms with Gasteiger partial charge in [-0.2, -0.15) is 0 Å². The molecule has 0 atom stereocenters. The van der Waals surface area contributed by atoms with Crippen molar-refractivity contribution in [2.45, 2.75) is 25.7 Å². The van der Waals surface area contributed by atoms with Gasteiger partial charge >= 0.3 is 0 Å². The summed E-state index contributed by atoms with van der Waals surface area (Å²) in [5.74, 6) is 0.564. The number of carbonyl (C=O) groups excluding carboxylic acids is 1. The minimum absolute atomic E-state index is 0.234. The summed E-state index contributed by atoms with van der Waals surface area (Å²) < 4.78 is 0. The van der Waals surface area contributed by atoms with Gasteiger partial charge in [-0.15, -0.1) is 6.58 Å². The van der Waals surface area contributed by atoms with Crippen LogP contribution in [-0.2, 0) is 4.79 Å². The molecule has 1 amide bonds. The molecule has 1 aliphatic carbocycles. The maximum absolute atomic E-state index is 11.2. The second-order valence-electron chi connectivity index (χ2n) is 3.75. The van der Waals surface area contributed by atoms with Crippen LogP contribution < -0.4 is 10.6 Å². The van der Waals surface area contributed by atoms with E-state index in [0.717, 1.165) is 45.3 Å². The highest BCUT2D eigenvalue weighted by Gasteiger charge is 2.28. The van der Waals surface area contributed by atoms with Crippen LogP contribution in [0.4, 0.5) is 0 Å². The zero-order valence-electron chi connectivity index (χ0n) is 8.72. The van der Waals surface area contributed by atoms with E-state index in [9.17, 15) is 4.79 Å². The Morgan fingerprint density at radius 3 is 2.79 bits per heavy atom. The maximum Gasteiger partial charge on any atom is 0.223 e. The smallest absolute Gasteiger partial charge is 0.223 e. The molecule has 0 aromatic heterocycles. The van der Waals surface area contributed by atoms with Crippen molar-refractivity contribution in [3.8, 4) is 0 Å². The molecule has 0 bridgehead atoms. The van der Waals surface area contributed by atoms with E-state index in [0.29, 0.717) is 5.92 Å². The van der Waals surface area contributed by atoms with Gasteiger partial charge in [0.25, 0.3) is 0 Å². The molecule has 1 aliphatic rings. The van der Waals surface area contributed by atoms with Gasteiger partial charge in [-0.3, -0.25) is 4.79 Å². The topological polar surface area (TPSA) is 41.1 Å². The predicted molar refractivity (Wildman–Crippen MR) is 58.0 cm³/mol. The summed E-state index contributed by atoms with van der Waals surface area (Å²) >= 11 is 0. The molecule has 3 heteroatoms. The zero-order chi connectivity index (χ0) is 10.2. The van der Waals surface area contributed by atoms with Gasteiger partial charge in [0, 0.05) is 19.0 Å². The van der Waals surface area contributed by atoms with Gasteiger partial charge in [-0.1, -0.05) is 6.08 Å². The fourth-order valence-corrected chi connectivity index (χ4v) is 1.26. The van der Waals surface area contributed by atoms with Crippen LogP contribution in [0.5, 0.6) is 0 Å². The average Bonchev–Trinajstić information content (AvgIpc) is 2.99. The van der Waals surface area contributed by atoms with Crippen molar-refractivity contribution in [3.05, 3.63) is 12.7 Å². The molecule has 1 fully saturated rings. The summed E-state index contributed by atoms with van der Waals surface area (Å²) in [5.41, 5.74) is 0.